The van der Waals surface area contributed by atoms with Gasteiger partial charge in [-0.25, -0.2) is 0 Å². The smallest absolute Gasteiger partial charge is 0.0478 e. The van der Waals surface area contributed by atoms with Crippen LogP contribution in [0.15, 0.2) is 0 Å². The average molecular weight is 226 g/mol. The van der Waals surface area contributed by atoms with E-state index in [9.17, 15) is 0 Å². The first-order valence-electron chi connectivity index (χ1n) is 4.53. The van der Waals surface area contributed by atoms with E-state index < -0.39 is 0 Å². The third-order valence-corrected chi connectivity index (χ3v) is 1.89. The maximum Gasteiger partial charge on any atom is 0.0478 e. The molecule has 0 heterocycles. The molecule has 0 bridgehead atoms. The van der Waals surface area contributed by atoms with Gasteiger partial charge < -0.3 is 16.2 Å². The predicted molar refractivity (Wildman–Crippen MR) is 65.9 cm³/mol. The normalized spacial score (nSPS) is 9.23. The van der Waals surface area contributed by atoms with E-state index in [1.54, 1.807) is 0 Å². The molecule has 0 saturated heterocycles. The molecule has 0 aliphatic heterocycles. The molecule has 0 amide bonds. The van der Waals surface area contributed by atoms with Crippen LogP contribution in [0.25, 0.3) is 0 Å². The van der Waals surface area contributed by atoms with Gasteiger partial charge in [0, 0.05) is 13.2 Å². The molecule has 0 saturated carbocycles. The van der Waals surface area contributed by atoms with Crippen molar-refractivity contribution in [2.45, 2.75) is 12.8 Å². The molecule has 0 aromatic rings. The van der Waals surface area contributed by atoms with E-state index in [-0.39, 0.29) is 0 Å². The molecule has 0 aromatic heterocycles. The van der Waals surface area contributed by atoms with Crippen molar-refractivity contribution >= 4 is 25.3 Å². The molecule has 13 heavy (non-hydrogen) atoms. The lowest BCUT2D eigenvalue weighted by atomic mass is 10.4. The first-order valence-corrected chi connectivity index (χ1v) is 5.79. The van der Waals surface area contributed by atoms with Crippen LogP contribution in [0.4, 0.5) is 0 Å². The summed E-state index contributed by atoms with van der Waals surface area (Å²) >= 11 is 7.69. The summed E-state index contributed by atoms with van der Waals surface area (Å²) in [5.74, 6) is 1.76. The molecule has 82 valence electrons. The fourth-order valence-corrected chi connectivity index (χ4v) is 0.473. The number of hydrogen-bond donors (Lipinski definition) is 4. The highest BCUT2D eigenvalue weighted by molar-refractivity contribution is 7.84. The highest BCUT2D eigenvalue weighted by Crippen LogP contribution is 1.81. The quantitative estimate of drug-likeness (QED) is 0.379. The van der Waals surface area contributed by atoms with Crippen LogP contribution in [0.2, 0.25) is 0 Å². The van der Waals surface area contributed by atoms with Crippen LogP contribution in [-0.4, -0.2) is 37.8 Å². The van der Waals surface area contributed by atoms with Crippen molar-refractivity contribution in [2.24, 2.45) is 11.5 Å². The number of rotatable bonds is 7. The van der Waals surface area contributed by atoms with Gasteiger partial charge in [0.1, 0.15) is 0 Å². The van der Waals surface area contributed by atoms with Crippen molar-refractivity contribution in [1.29, 1.82) is 0 Å². The second kappa shape index (κ2) is 18.4. The van der Waals surface area contributed by atoms with E-state index in [1.807, 2.05) is 0 Å². The van der Waals surface area contributed by atoms with Gasteiger partial charge in [-0.05, 0) is 37.4 Å². The Morgan fingerprint density at radius 3 is 1.46 bits per heavy atom. The van der Waals surface area contributed by atoms with Crippen molar-refractivity contribution in [2.75, 3.05) is 37.8 Å². The molecule has 0 fully saturated rings. The molecule has 0 unspecified atom stereocenters. The molecule has 3 nitrogen and oxygen atoms in total. The Balaban J connectivity index is 0. The highest BCUT2D eigenvalue weighted by Gasteiger charge is 1.84. The lowest BCUT2D eigenvalue weighted by Gasteiger charge is -1.99. The van der Waals surface area contributed by atoms with Crippen LogP contribution in [0.5, 0.6) is 0 Å². The van der Waals surface area contributed by atoms with Gasteiger partial charge >= 0.3 is 0 Å². The Hall–Kier alpha value is 0.580. The molecule has 0 atom stereocenters. The summed E-state index contributed by atoms with van der Waals surface area (Å²) in [5, 5.41) is 0. The minimum atomic E-state index is 0.711. The monoisotopic (exact) mass is 226 g/mol. The van der Waals surface area contributed by atoms with Crippen molar-refractivity contribution in [3.63, 3.8) is 0 Å². The van der Waals surface area contributed by atoms with E-state index in [0.717, 1.165) is 37.6 Å². The van der Waals surface area contributed by atoms with Gasteiger partial charge in [-0.1, -0.05) is 0 Å². The SMILES string of the molecule is NCCCOCCCN.SCCS. The largest absolute Gasteiger partial charge is 0.381 e. The summed E-state index contributed by atoms with van der Waals surface area (Å²) in [6, 6.07) is 0. The summed E-state index contributed by atoms with van der Waals surface area (Å²) in [7, 11) is 0. The van der Waals surface area contributed by atoms with E-state index >= 15 is 0 Å². The highest BCUT2D eigenvalue weighted by atomic mass is 32.1. The Morgan fingerprint density at radius 1 is 0.846 bits per heavy atom. The molecule has 5 heteroatoms. The van der Waals surface area contributed by atoms with Gasteiger partial charge in [0.05, 0.1) is 0 Å². The standard InChI is InChI=1S/C6H16N2O.C2H6S2/c7-3-1-5-9-6-2-4-8;3-1-2-4/h1-8H2;3-4H,1-2H2. The van der Waals surface area contributed by atoms with Crippen LogP contribution in [0, 0.1) is 0 Å². The van der Waals surface area contributed by atoms with Crippen molar-refractivity contribution < 1.29 is 4.74 Å². The Morgan fingerprint density at radius 2 is 1.23 bits per heavy atom. The zero-order chi connectivity index (χ0) is 10.4. The predicted octanol–water partition coefficient (Wildman–Crippen LogP) is 0.547. The van der Waals surface area contributed by atoms with Crippen molar-refractivity contribution in [1.82, 2.24) is 0 Å². The third-order valence-electron chi connectivity index (χ3n) is 1.09. The number of thiol groups is 2. The van der Waals surface area contributed by atoms with Crippen LogP contribution in [0.3, 0.4) is 0 Å². The first kappa shape index (κ1) is 16.0. The minimum absolute atomic E-state index is 0.711. The number of hydrogen-bond acceptors (Lipinski definition) is 5. The molecular weight excluding hydrogens is 204 g/mol. The molecule has 0 rings (SSSR count). The van der Waals surface area contributed by atoms with Crippen LogP contribution in [-0.2, 0) is 4.74 Å². The summed E-state index contributed by atoms with van der Waals surface area (Å²) in [6.07, 6.45) is 1.90. The maximum atomic E-state index is 5.24. The third kappa shape index (κ3) is 24.5. The second-order valence-electron chi connectivity index (χ2n) is 2.34. The van der Waals surface area contributed by atoms with Gasteiger partial charge in [-0.3, -0.25) is 0 Å². The molecule has 0 aromatic carbocycles. The van der Waals surface area contributed by atoms with Crippen LogP contribution in [0.1, 0.15) is 12.8 Å². The number of nitrogens with two attached hydrogens (primary N) is 2. The van der Waals surface area contributed by atoms with Crippen LogP contribution >= 0.6 is 25.3 Å². The average Bonchev–Trinajstić information content (AvgIpc) is 2.18. The molecule has 4 N–H and O–H groups in total. The lowest BCUT2D eigenvalue weighted by molar-refractivity contribution is 0.132. The Kier molecular flexibility index (Phi) is 22.7. The Labute approximate surface area is 92.4 Å². The van der Waals surface area contributed by atoms with Gasteiger partial charge in [0.2, 0.25) is 0 Å². The lowest BCUT2D eigenvalue weighted by Crippen LogP contribution is -2.08. The fraction of sp³-hybridized carbons (Fsp3) is 1.00. The zero-order valence-electron chi connectivity index (χ0n) is 8.11. The van der Waals surface area contributed by atoms with E-state index in [1.165, 1.54) is 0 Å². The Bertz CT molecular complexity index is 69.2. The van der Waals surface area contributed by atoms with Crippen LogP contribution < -0.4 is 11.5 Å². The van der Waals surface area contributed by atoms with Gasteiger partial charge in [-0.2, -0.15) is 25.3 Å². The second-order valence-corrected chi connectivity index (χ2v) is 3.24. The van der Waals surface area contributed by atoms with Gasteiger partial charge in [0.15, 0.2) is 0 Å². The van der Waals surface area contributed by atoms with Crippen molar-refractivity contribution in [3.8, 4) is 0 Å². The maximum absolute atomic E-state index is 5.24. The van der Waals surface area contributed by atoms with E-state index in [2.05, 4.69) is 25.3 Å². The zero-order valence-corrected chi connectivity index (χ0v) is 9.90. The molecule has 0 spiro atoms. The minimum Gasteiger partial charge on any atom is -0.381 e. The molecule has 0 radical (unpaired) electrons. The van der Waals surface area contributed by atoms with Gasteiger partial charge in [0.25, 0.3) is 0 Å². The van der Waals surface area contributed by atoms with Gasteiger partial charge in [-0.15, -0.1) is 0 Å². The fourth-order valence-electron chi connectivity index (χ4n) is 0.473. The summed E-state index contributed by atoms with van der Waals surface area (Å²) in [5.41, 5.74) is 10.5. The van der Waals surface area contributed by atoms with Crippen molar-refractivity contribution in [3.05, 3.63) is 0 Å². The van der Waals surface area contributed by atoms with E-state index in [0.29, 0.717) is 13.1 Å². The number of ether oxygens (including phenoxy) is 1. The summed E-state index contributed by atoms with van der Waals surface area (Å²) in [6.45, 7) is 2.97. The first-order chi connectivity index (χ1) is 6.33. The topological polar surface area (TPSA) is 61.3 Å². The summed E-state index contributed by atoms with van der Waals surface area (Å²) < 4.78 is 5.15. The summed E-state index contributed by atoms with van der Waals surface area (Å²) in [4.78, 5) is 0. The molecule has 0 aliphatic rings. The van der Waals surface area contributed by atoms with E-state index in [4.69, 9.17) is 16.2 Å². The molecular formula is C8H22N2OS2. The molecule has 0 aliphatic carbocycles.